The Hall–Kier alpha value is -2.75. The lowest BCUT2D eigenvalue weighted by Gasteiger charge is -2.43. The number of hydrogen-bond donors (Lipinski definition) is 3. The highest BCUT2D eigenvalue weighted by atomic mass is 16.2. The third kappa shape index (κ3) is 3.12. The van der Waals surface area contributed by atoms with Gasteiger partial charge >= 0.3 is 6.03 Å². The molecule has 0 spiro atoms. The second kappa shape index (κ2) is 6.63. The van der Waals surface area contributed by atoms with E-state index in [1.54, 1.807) is 0 Å². The Labute approximate surface area is 147 Å². The predicted molar refractivity (Wildman–Crippen MR) is 101 cm³/mol. The largest absolute Gasteiger partial charge is 0.361 e. The van der Waals surface area contributed by atoms with E-state index < -0.39 is 0 Å². The molecule has 0 saturated heterocycles. The average Bonchev–Trinajstić information content (AvgIpc) is 3.02. The van der Waals surface area contributed by atoms with E-state index in [0.717, 1.165) is 31.2 Å². The molecule has 4 heteroatoms. The van der Waals surface area contributed by atoms with Crippen molar-refractivity contribution in [2.24, 2.45) is 0 Å². The van der Waals surface area contributed by atoms with Crippen LogP contribution in [0.15, 0.2) is 60.8 Å². The van der Waals surface area contributed by atoms with Crippen molar-refractivity contribution in [1.29, 1.82) is 0 Å². The number of amides is 2. The monoisotopic (exact) mass is 333 g/mol. The zero-order chi connectivity index (χ0) is 17.1. The molecule has 3 N–H and O–H groups in total. The fourth-order valence-electron chi connectivity index (χ4n) is 3.68. The van der Waals surface area contributed by atoms with Crippen LogP contribution in [0.3, 0.4) is 0 Å². The lowest BCUT2D eigenvalue weighted by molar-refractivity contribution is 0.177. The third-order valence-corrected chi connectivity index (χ3v) is 5.24. The summed E-state index contributed by atoms with van der Waals surface area (Å²) in [5.74, 6) is 0. The maximum Gasteiger partial charge on any atom is 0.315 e. The Kier molecular flexibility index (Phi) is 4.18. The smallest absolute Gasteiger partial charge is 0.315 e. The average molecular weight is 333 g/mol. The fourth-order valence-corrected chi connectivity index (χ4v) is 3.68. The van der Waals surface area contributed by atoms with Gasteiger partial charge < -0.3 is 15.6 Å². The van der Waals surface area contributed by atoms with Gasteiger partial charge in [0.05, 0.1) is 5.54 Å². The summed E-state index contributed by atoms with van der Waals surface area (Å²) < 4.78 is 0. The maximum absolute atomic E-state index is 12.4. The molecule has 1 aliphatic carbocycles. The summed E-state index contributed by atoms with van der Waals surface area (Å²) in [5, 5.41) is 7.45. The minimum atomic E-state index is -0.188. The molecule has 2 amide bonds. The summed E-state index contributed by atoms with van der Waals surface area (Å²) >= 11 is 0. The van der Waals surface area contributed by atoms with E-state index in [0.29, 0.717) is 6.54 Å². The number of carbonyl (C=O) groups is 1. The van der Waals surface area contributed by atoms with Crippen molar-refractivity contribution in [3.8, 4) is 0 Å². The van der Waals surface area contributed by atoms with E-state index in [1.165, 1.54) is 16.5 Å². The first-order valence-electron chi connectivity index (χ1n) is 8.93. The van der Waals surface area contributed by atoms with E-state index in [1.807, 2.05) is 36.5 Å². The SMILES string of the molecule is O=C(NCCc1c[nH]c2ccccc12)NC1(c2ccccc2)CCC1. The molecule has 25 heavy (non-hydrogen) atoms. The van der Waals surface area contributed by atoms with Crippen molar-refractivity contribution in [3.05, 3.63) is 71.9 Å². The summed E-state index contributed by atoms with van der Waals surface area (Å²) in [6.07, 6.45) is 6.02. The highest BCUT2D eigenvalue weighted by Gasteiger charge is 2.39. The molecule has 1 aliphatic rings. The normalized spacial score (nSPS) is 15.5. The van der Waals surface area contributed by atoms with Gasteiger partial charge in [-0.15, -0.1) is 0 Å². The maximum atomic E-state index is 12.4. The summed E-state index contributed by atoms with van der Waals surface area (Å²) in [6, 6.07) is 18.4. The molecule has 0 bridgehead atoms. The van der Waals surface area contributed by atoms with Crippen LogP contribution < -0.4 is 10.6 Å². The molecule has 1 fully saturated rings. The Balaban J connectivity index is 1.35. The van der Waals surface area contributed by atoms with Gasteiger partial charge in [-0.25, -0.2) is 4.79 Å². The molecular weight excluding hydrogens is 310 g/mol. The number of nitrogens with one attached hydrogen (secondary N) is 3. The van der Waals surface area contributed by atoms with Crippen LogP contribution in [0.1, 0.15) is 30.4 Å². The van der Waals surface area contributed by atoms with Gasteiger partial charge in [-0.3, -0.25) is 0 Å². The van der Waals surface area contributed by atoms with Crippen molar-refractivity contribution in [1.82, 2.24) is 15.6 Å². The van der Waals surface area contributed by atoms with Gasteiger partial charge in [-0.1, -0.05) is 48.5 Å². The van der Waals surface area contributed by atoms with Gasteiger partial charge in [0.1, 0.15) is 0 Å². The van der Waals surface area contributed by atoms with Crippen LogP contribution in [0.4, 0.5) is 4.79 Å². The van der Waals surface area contributed by atoms with Crippen molar-refractivity contribution >= 4 is 16.9 Å². The molecule has 0 aliphatic heterocycles. The summed E-state index contributed by atoms with van der Waals surface area (Å²) in [6.45, 7) is 0.624. The number of benzene rings is 2. The minimum Gasteiger partial charge on any atom is -0.361 e. The molecule has 3 aromatic rings. The molecule has 0 unspecified atom stereocenters. The molecule has 4 nitrogen and oxygen atoms in total. The van der Waals surface area contributed by atoms with Crippen LogP contribution >= 0.6 is 0 Å². The molecule has 0 radical (unpaired) electrons. The van der Waals surface area contributed by atoms with E-state index in [2.05, 4.69) is 39.9 Å². The summed E-state index contributed by atoms with van der Waals surface area (Å²) in [5.41, 5.74) is 3.39. The molecule has 1 heterocycles. The Morgan fingerprint density at radius 3 is 2.56 bits per heavy atom. The Morgan fingerprint density at radius 2 is 1.80 bits per heavy atom. The van der Waals surface area contributed by atoms with Gasteiger partial charge in [0.2, 0.25) is 0 Å². The first-order valence-corrected chi connectivity index (χ1v) is 8.93. The number of para-hydroxylation sites is 1. The zero-order valence-electron chi connectivity index (χ0n) is 14.2. The van der Waals surface area contributed by atoms with Crippen molar-refractivity contribution in [2.75, 3.05) is 6.54 Å². The number of aromatic amines is 1. The number of carbonyl (C=O) groups excluding carboxylic acids is 1. The Morgan fingerprint density at radius 1 is 1.04 bits per heavy atom. The lowest BCUT2D eigenvalue weighted by Crippen LogP contribution is -2.54. The number of urea groups is 1. The van der Waals surface area contributed by atoms with Gasteiger partial charge in [-0.05, 0) is 42.9 Å². The van der Waals surface area contributed by atoms with Crippen molar-refractivity contribution < 1.29 is 4.79 Å². The standard InChI is InChI=1S/C21H23N3O/c25-20(24-21(12-6-13-21)17-7-2-1-3-8-17)22-14-11-16-15-23-19-10-5-4-9-18(16)19/h1-5,7-10,15,23H,6,11-14H2,(H2,22,24,25). The second-order valence-electron chi connectivity index (χ2n) is 6.79. The highest BCUT2D eigenvalue weighted by molar-refractivity contribution is 5.83. The van der Waals surface area contributed by atoms with Crippen molar-refractivity contribution in [2.45, 2.75) is 31.2 Å². The third-order valence-electron chi connectivity index (χ3n) is 5.24. The van der Waals surface area contributed by atoms with E-state index in [-0.39, 0.29) is 11.6 Å². The van der Waals surface area contributed by atoms with Gasteiger partial charge in [-0.2, -0.15) is 0 Å². The molecule has 1 saturated carbocycles. The number of aromatic nitrogens is 1. The van der Waals surface area contributed by atoms with Crippen molar-refractivity contribution in [3.63, 3.8) is 0 Å². The van der Waals surface area contributed by atoms with Crippen LogP contribution in [-0.2, 0) is 12.0 Å². The number of H-pyrrole nitrogens is 1. The molecule has 0 atom stereocenters. The molecule has 1 aromatic heterocycles. The predicted octanol–water partition coefficient (Wildman–Crippen LogP) is 4.09. The minimum absolute atomic E-state index is 0.0802. The van der Waals surface area contributed by atoms with Crippen LogP contribution in [0.5, 0.6) is 0 Å². The molecule has 2 aromatic carbocycles. The van der Waals surface area contributed by atoms with Crippen LogP contribution in [0, 0.1) is 0 Å². The quantitative estimate of drug-likeness (QED) is 0.647. The number of hydrogen-bond acceptors (Lipinski definition) is 1. The Bertz CT molecular complexity index is 865. The van der Waals surface area contributed by atoms with E-state index in [4.69, 9.17) is 0 Å². The summed E-state index contributed by atoms with van der Waals surface area (Å²) in [4.78, 5) is 15.7. The van der Waals surface area contributed by atoms with Crippen LogP contribution in [0.25, 0.3) is 10.9 Å². The van der Waals surface area contributed by atoms with Crippen LogP contribution in [-0.4, -0.2) is 17.6 Å². The lowest BCUT2D eigenvalue weighted by atomic mass is 9.72. The topological polar surface area (TPSA) is 56.9 Å². The summed E-state index contributed by atoms with van der Waals surface area (Å²) in [7, 11) is 0. The van der Waals surface area contributed by atoms with Gasteiger partial charge in [0.25, 0.3) is 0 Å². The van der Waals surface area contributed by atoms with E-state index >= 15 is 0 Å². The molecule has 128 valence electrons. The van der Waals surface area contributed by atoms with Crippen LogP contribution in [0.2, 0.25) is 0 Å². The van der Waals surface area contributed by atoms with Gasteiger partial charge in [0, 0.05) is 23.6 Å². The van der Waals surface area contributed by atoms with Gasteiger partial charge in [0.15, 0.2) is 0 Å². The second-order valence-corrected chi connectivity index (χ2v) is 6.79. The fraction of sp³-hybridized carbons (Fsp3) is 0.286. The number of rotatable bonds is 5. The first kappa shape index (κ1) is 15.8. The molecule has 4 rings (SSSR count). The highest BCUT2D eigenvalue weighted by Crippen LogP contribution is 2.41. The molecular formula is C21H23N3O. The zero-order valence-corrected chi connectivity index (χ0v) is 14.2. The number of fused-ring (bicyclic) bond motifs is 1. The van der Waals surface area contributed by atoms with E-state index in [9.17, 15) is 4.79 Å². The first-order chi connectivity index (χ1) is 12.3.